The van der Waals surface area contributed by atoms with Gasteiger partial charge in [0.05, 0.1) is 13.2 Å². The van der Waals surface area contributed by atoms with Crippen LogP contribution >= 0.6 is 11.6 Å². The molecule has 142 valence electrons. The zero-order chi connectivity index (χ0) is 18.9. The molecule has 0 aromatic heterocycles. The molecule has 27 heavy (non-hydrogen) atoms. The van der Waals surface area contributed by atoms with Gasteiger partial charge in [-0.25, -0.2) is 0 Å². The number of hydrogen-bond acceptors (Lipinski definition) is 3. The molecule has 2 fully saturated rings. The lowest BCUT2D eigenvalue weighted by molar-refractivity contribution is -0.123. The van der Waals surface area contributed by atoms with E-state index < -0.39 is 0 Å². The van der Waals surface area contributed by atoms with Crippen molar-refractivity contribution in [2.75, 3.05) is 20.2 Å². The molecule has 4 rings (SSSR count). The summed E-state index contributed by atoms with van der Waals surface area (Å²) in [6, 6.07) is 15.2. The molecule has 2 unspecified atom stereocenters. The molecule has 2 aromatic carbocycles. The molecular weight excluding hydrogens is 360 g/mol. The van der Waals surface area contributed by atoms with Gasteiger partial charge in [-0.15, -0.1) is 0 Å². The molecule has 1 heterocycles. The summed E-state index contributed by atoms with van der Waals surface area (Å²) in [6.07, 6.45) is 3.16. The van der Waals surface area contributed by atoms with Crippen LogP contribution in [-0.2, 0) is 4.79 Å². The van der Waals surface area contributed by atoms with Crippen LogP contribution in [0.2, 0.25) is 5.02 Å². The van der Waals surface area contributed by atoms with Gasteiger partial charge in [0.15, 0.2) is 0 Å². The summed E-state index contributed by atoms with van der Waals surface area (Å²) < 4.78 is 5.37. The van der Waals surface area contributed by atoms with Crippen molar-refractivity contribution in [3.63, 3.8) is 0 Å². The Hall–Kier alpha value is -2.04. The van der Waals surface area contributed by atoms with Gasteiger partial charge in [0.1, 0.15) is 5.75 Å². The van der Waals surface area contributed by atoms with Gasteiger partial charge in [-0.2, -0.15) is 0 Å². The number of piperidine rings is 1. The van der Waals surface area contributed by atoms with Crippen molar-refractivity contribution < 1.29 is 9.53 Å². The first-order valence-corrected chi connectivity index (χ1v) is 9.90. The predicted molar refractivity (Wildman–Crippen MR) is 107 cm³/mol. The Morgan fingerprint density at radius 2 is 2.00 bits per heavy atom. The molecule has 2 N–H and O–H groups in total. The molecule has 0 bridgehead atoms. The zero-order valence-electron chi connectivity index (χ0n) is 15.5. The van der Waals surface area contributed by atoms with Gasteiger partial charge in [0.2, 0.25) is 5.91 Å². The van der Waals surface area contributed by atoms with Crippen LogP contribution < -0.4 is 15.4 Å². The SMILES string of the molecule is COc1cccc(C(NC(=O)C2CC23CCNCC3)c2ccccc2Cl)c1. The monoisotopic (exact) mass is 384 g/mol. The third kappa shape index (κ3) is 3.69. The fraction of sp³-hybridized carbons (Fsp3) is 0.409. The van der Waals surface area contributed by atoms with Gasteiger partial charge in [-0.1, -0.05) is 41.9 Å². The Kier molecular flexibility index (Phi) is 5.11. The Balaban J connectivity index is 1.60. The van der Waals surface area contributed by atoms with Crippen LogP contribution in [0.1, 0.15) is 36.4 Å². The minimum atomic E-state index is -0.291. The highest BCUT2D eigenvalue weighted by atomic mass is 35.5. The van der Waals surface area contributed by atoms with E-state index in [1.165, 1.54) is 0 Å². The average molecular weight is 385 g/mol. The Morgan fingerprint density at radius 3 is 2.74 bits per heavy atom. The normalized spacial score (nSPS) is 21.5. The first kappa shape index (κ1) is 18.3. The average Bonchev–Trinajstić information content (AvgIpc) is 3.40. The summed E-state index contributed by atoms with van der Waals surface area (Å²) in [7, 11) is 1.65. The number of carbonyl (C=O) groups is 1. The van der Waals surface area contributed by atoms with E-state index >= 15 is 0 Å². The van der Waals surface area contributed by atoms with Crippen molar-refractivity contribution in [2.24, 2.45) is 11.3 Å². The van der Waals surface area contributed by atoms with Crippen LogP contribution in [0, 0.1) is 11.3 Å². The summed E-state index contributed by atoms with van der Waals surface area (Å²) in [5, 5.41) is 7.32. The highest BCUT2D eigenvalue weighted by Crippen LogP contribution is 2.58. The maximum Gasteiger partial charge on any atom is 0.224 e. The maximum absolute atomic E-state index is 13.1. The number of rotatable bonds is 5. The Morgan fingerprint density at radius 1 is 1.22 bits per heavy atom. The van der Waals surface area contributed by atoms with E-state index in [9.17, 15) is 4.79 Å². The molecule has 1 amide bonds. The molecule has 1 spiro atoms. The summed E-state index contributed by atoms with van der Waals surface area (Å²) in [4.78, 5) is 13.1. The van der Waals surface area contributed by atoms with Crippen LogP contribution in [0.3, 0.4) is 0 Å². The summed E-state index contributed by atoms with van der Waals surface area (Å²) in [6.45, 7) is 2.02. The minimum absolute atomic E-state index is 0.107. The Labute approximate surface area is 165 Å². The molecule has 1 saturated carbocycles. The van der Waals surface area contributed by atoms with E-state index in [1.807, 2.05) is 48.5 Å². The molecule has 1 saturated heterocycles. The largest absolute Gasteiger partial charge is 0.497 e. The van der Waals surface area contributed by atoms with Crippen molar-refractivity contribution in [2.45, 2.75) is 25.3 Å². The molecule has 1 aliphatic heterocycles. The molecule has 2 aliphatic rings. The van der Waals surface area contributed by atoms with Gasteiger partial charge in [-0.05, 0) is 67.1 Å². The van der Waals surface area contributed by atoms with E-state index in [-0.39, 0.29) is 23.3 Å². The predicted octanol–water partition coefficient (Wildman–Crippen LogP) is 3.94. The summed E-state index contributed by atoms with van der Waals surface area (Å²) in [5.74, 6) is 1.000. The number of hydrogen-bond donors (Lipinski definition) is 2. The lowest BCUT2D eigenvalue weighted by Gasteiger charge is -2.25. The van der Waals surface area contributed by atoms with Crippen LogP contribution in [0.15, 0.2) is 48.5 Å². The fourth-order valence-electron chi connectivity index (χ4n) is 4.31. The quantitative estimate of drug-likeness (QED) is 0.820. The van der Waals surface area contributed by atoms with Gasteiger partial charge >= 0.3 is 0 Å². The third-order valence-electron chi connectivity index (χ3n) is 6.04. The van der Waals surface area contributed by atoms with E-state index in [1.54, 1.807) is 7.11 Å². The standard InChI is InChI=1S/C22H25ClN2O2/c1-27-16-6-4-5-15(13-16)20(17-7-2-3-8-19(17)23)25-21(26)18-14-22(18)9-11-24-12-10-22/h2-8,13,18,20,24H,9-12,14H2,1H3,(H,25,26). The Bertz CT molecular complexity index is 833. The van der Waals surface area contributed by atoms with Crippen LogP contribution in [-0.4, -0.2) is 26.1 Å². The lowest BCUT2D eigenvalue weighted by atomic mass is 9.91. The fourth-order valence-corrected chi connectivity index (χ4v) is 4.55. The number of benzene rings is 2. The zero-order valence-corrected chi connectivity index (χ0v) is 16.3. The highest BCUT2D eigenvalue weighted by molar-refractivity contribution is 6.31. The molecule has 2 atom stereocenters. The molecule has 4 nitrogen and oxygen atoms in total. The second kappa shape index (κ2) is 7.53. The number of carbonyl (C=O) groups excluding carboxylic acids is 1. The number of ether oxygens (including phenoxy) is 1. The summed E-state index contributed by atoms with van der Waals surface area (Å²) in [5.41, 5.74) is 2.07. The molecule has 2 aromatic rings. The van der Waals surface area contributed by atoms with Crippen molar-refractivity contribution in [3.05, 3.63) is 64.7 Å². The first-order valence-electron chi connectivity index (χ1n) is 9.52. The molecule has 1 aliphatic carbocycles. The molecular formula is C22H25ClN2O2. The maximum atomic E-state index is 13.1. The van der Waals surface area contributed by atoms with Crippen LogP contribution in [0.5, 0.6) is 5.75 Å². The van der Waals surface area contributed by atoms with Crippen LogP contribution in [0.4, 0.5) is 0 Å². The van der Waals surface area contributed by atoms with E-state index in [0.717, 1.165) is 49.2 Å². The molecule has 5 heteroatoms. The number of amides is 1. The minimum Gasteiger partial charge on any atom is -0.497 e. The van der Waals surface area contributed by atoms with E-state index in [4.69, 9.17) is 16.3 Å². The van der Waals surface area contributed by atoms with Crippen LogP contribution in [0.25, 0.3) is 0 Å². The number of methoxy groups -OCH3 is 1. The van der Waals surface area contributed by atoms with Crippen molar-refractivity contribution in [3.8, 4) is 5.75 Å². The second-order valence-corrected chi connectivity index (χ2v) is 8.02. The number of halogens is 1. The van der Waals surface area contributed by atoms with Gasteiger partial charge in [-0.3, -0.25) is 4.79 Å². The third-order valence-corrected chi connectivity index (χ3v) is 6.38. The van der Waals surface area contributed by atoms with Crippen molar-refractivity contribution in [1.29, 1.82) is 0 Å². The van der Waals surface area contributed by atoms with Gasteiger partial charge in [0, 0.05) is 10.9 Å². The van der Waals surface area contributed by atoms with Crippen molar-refractivity contribution >= 4 is 17.5 Å². The highest BCUT2D eigenvalue weighted by Gasteiger charge is 2.57. The van der Waals surface area contributed by atoms with E-state index in [0.29, 0.717) is 5.02 Å². The topological polar surface area (TPSA) is 50.4 Å². The van der Waals surface area contributed by atoms with Crippen molar-refractivity contribution in [1.82, 2.24) is 10.6 Å². The number of nitrogens with one attached hydrogen (secondary N) is 2. The molecule has 0 radical (unpaired) electrons. The van der Waals surface area contributed by atoms with E-state index in [2.05, 4.69) is 10.6 Å². The lowest BCUT2D eigenvalue weighted by Crippen LogP contribution is -2.35. The first-order chi connectivity index (χ1) is 13.1. The summed E-state index contributed by atoms with van der Waals surface area (Å²) >= 11 is 6.47. The van der Waals surface area contributed by atoms with Gasteiger partial charge in [0.25, 0.3) is 0 Å². The van der Waals surface area contributed by atoms with Gasteiger partial charge < -0.3 is 15.4 Å². The second-order valence-electron chi connectivity index (χ2n) is 7.61. The smallest absolute Gasteiger partial charge is 0.224 e.